The number of nitrogens with one attached hydrogen (secondary N) is 2. The molecular formula is C17H29IN4O3S. The van der Waals surface area contributed by atoms with Crippen LogP contribution < -0.4 is 20.1 Å². The first-order valence-electron chi connectivity index (χ1n) is 7.94. The monoisotopic (exact) mass is 496 g/mol. The van der Waals surface area contributed by atoms with Gasteiger partial charge in [-0.1, -0.05) is 0 Å². The lowest BCUT2D eigenvalue weighted by Crippen LogP contribution is -2.43. The highest BCUT2D eigenvalue weighted by molar-refractivity contribution is 14.0. The number of thioether (sulfide) groups is 1. The maximum Gasteiger partial charge on any atom is 0.241 e. The molecule has 9 heteroatoms. The van der Waals surface area contributed by atoms with Gasteiger partial charge in [-0.05, 0) is 18.4 Å². The van der Waals surface area contributed by atoms with Crippen molar-refractivity contribution in [3.8, 4) is 11.5 Å². The van der Waals surface area contributed by atoms with Crippen LogP contribution in [0.3, 0.4) is 0 Å². The van der Waals surface area contributed by atoms with Gasteiger partial charge in [0, 0.05) is 38.0 Å². The molecule has 0 saturated carbocycles. The minimum absolute atomic E-state index is 0. The van der Waals surface area contributed by atoms with Crippen LogP contribution in [-0.2, 0) is 11.3 Å². The Labute approximate surface area is 177 Å². The zero-order valence-corrected chi connectivity index (χ0v) is 19.1. The third kappa shape index (κ3) is 8.84. The number of guanidine groups is 1. The van der Waals surface area contributed by atoms with Gasteiger partial charge in [-0.15, -0.1) is 24.0 Å². The number of aliphatic imine (C=N–C) groups is 1. The predicted molar refractivity (Wildman–Crippen MR) is 119 cm³/mol. The molecule has 1 aromatic carbocycles. The lowest BCUT2D eigenvalue weighted by Gasteiger charge is -2.15. The van der Waals surface area contributed by atoms with Gasteiger partial charge in [0.25, 0.3) is 0 Å². The van der Waals surface area contributed by atoms with E-state index in [9.17, 15) is 4.79 Å². The predicted octanol–water partition coefficient (Wildman–Crippen LogP) is 1.81. The summed E-state index contributed by atoms with van der Waals surface area (Å²) in [6.45, 7) is 1.39. The van der Waals surface area contributed by atoms with Crippen molar-refractivity contribution in [1.82, 2.24) is 15.5 Å². The van der Waals surface area contributed by atoms with Crippen molar-refractivity contribution in [2.45, 2.75) is 6.54 Å². The number of nitrogens with zero attached hydrogens (tertiary/aromatic N) is 2. The minimum atomic E-state index is -0.0126. The molecule has 0 fully saturated rings. The first-order chi connectivity index (χ1) is 12.0. The Bertz CT molecular complexity index is 585. The molecule has 148 valence electrons. The van der Waals surface area contributed by atoms with Gasteiger partial charge < -0.3 is 25.0 Å². The number of carbonyl (C=O) groups is 1. The summed E-state index contributed by atoms with van der Waals surface area (Å²) in [5.41, 5.74) is 0.938. The number of benzene rings is 1. The minimum Gasteiger partial charge on any atom is -0.497 e. The second-order valence-electron chi connectivity index (χ2n) is 5.40. The van der Waals surface area contributed by atoms with Crippen molar-refractivity contribution in [2.75, 3.05) is 53.4 Å². The molecule has 1 rings (SSSR count). The van der Waals surface area contributed by atoms with Gasteiger partial charge in [-0.25, -0.2) is 4.99 Å². The Morgan fingerprint density at radius 1 is 1.23 bits per heavy atom. The van der Waals surface area contributed by atoms with Crippen molar-refractivity contribution < 1.29 is 14.3 Å². The van der Waals surface area contributed by atoms with E-state index in [0.717, 1.165) is 29.4 Å². The van der Waals surface area contributed by atoms with Crippen LogP contribution in [0.5, 0.6) is 11.5 Å². The molecule has 0 unspecified atom stereocenters. The van der Waals surface area contributed by atoms with Crippen molar-refractivity contribution in [3.63, 3.8) is 0 Å². The third-order valence-electron chi connectivity index (χ3n) is 3.41. The lowest BCUT2D eigenvalue weighted by atomic mass is 10.2. The standard InChI is InChI=1S/C17H28N4O3S.HI/c1-21(2)16(22)12-20-17(18-8-9-25-5)19-11-13-6-7-14(23-3)10-15(13)24-4;/h6-7,10H,8-9,11-12H2,1-5H3,(H2,18,19,20);1H. The first-order valence-corrected chi connectivity index (χ1v) is 9.33. The Kier molecular flexibility index (Phi) is 13.1. The summed E-state index contributed by atoms with van der Waals surface area (Å²) in [7, 11) is 6.69. The van der Waals surface area contributed by atoms with Crippen LogP contribution >= 0.6 is 35.7 Å². The molecule has 7 nitrogen and oxygen atoms in total. The fourth-order valence-electron chi connectivity index (χ4n) is 1.91. The van der Waals surface area contributed by atoms with Crippen LogP contribution in [0.2, 0.25) is 0 Å². The number of rotatable bonds is 9. The van der Waals surface area contributed by atoms with E-state index in [1.807, 2.05) is 24.5 Å². The molecule has 0 aliphatic rings. The number of amides is 1. The Morgan fingerprint density at radius 2 is 1.96 bits per heavy atom. The SMILES string of the molecule is COc1ccc(CN=C(NCCSC)NCC(=O)N(C)C)c(OC)c1.I. The van der Waals surface area contributed by atoms with Gasteiger partial charge in [0.15, 0.2) is 5.96 Å². The zero-order chi connectivity index (χ0) is 18.7. The van der Waals surface area contributed by atoms with Gasteiger partial charge >= 0.3 is 0 Å². The second-order valence-corrected chi connectivity index (χ2v) is 6.39. The van der Waals surface area contributed by atoms with Crippen LogP contribution in [0.25, 0.3) is 0 Å². The molecule has 0 spiro atoms. The fraction of sp³-hybridized carbons (Fsp3) is 0.529. The number of hydrogen-bond donors (Lipinski definition) is 2. The molecule has 0 radical (unpaired) electrons. The smallest absolute Gasteiger partial charge is 0.241 e. The van der Waals surface area contributed by atoms with Crippen LogP contribution in [-0.4, -0.2) is 70.2 Å². The Balaban J connectivity index is 0.00000625. The average molecular weight is 496 g/mol. The molecule has 1 aromatic rings. The summed E-state index contributed by atoms with van der Waals surface area (Å²) in [5.74, 6) is 2.99. The van der Waals surface area contributed by atoms with E-state index in [2.05, 4.69) is 15.6 Å². The van der Waals surface area contributed by atoms with Crippen LogP contribution in [0.1, 0.15) is 5.56 Å². The summed E-state index contributed by atoms with van der Waals surface area (Å²) >= 11 is 1.74. The van der Waals surface area contributed by atoms with Crippen LogP contribution in [0.4, 0.5) is 0 Å². The van der Waals surface area contributed by atoms with E-state index >= 15 is 0 Å². The van der Waals surface area contributed by atoms with Crippen molar-refractivity contribution in [2.24, 2.45) is 4.99 Å². The number of halogens is 1. The highest BCUT2D eigenvalue weighted by Crippen LogP contribution is 2.25. The van der Waals surface area contributed by atoms with Gasteiger partial charge in [-0.3, -0.25) is 4.79 Å². The number of carbonyl (C=O) groups excluding carboxylic acids is 1. The Morgan fingerprint density at radius 3 is 2.54 bits per heavy atom. The summed E-state index contributed by atoms with van der Waals surface area (Å²) in [6.07, 6.45) is 2.05. The molecule has 26 heavy (non-hydrogen) atoms. The number of methoxy groups -OCH3 is 2. The van der Waals surface area contributed by atoms with E-state index in [1.165, 1.54) is 0 Å². The molecule has 0 bridgehead atoms. The van der Waals surface area contributed by atoms with Gasteiger partial charge in [0.05, 0.1) is 27.3 Å². The Hall–Kier alpha value is -1.36. The zero-order valence-electron chi connectivity index (χ0n) is 16.0. The number of hydrogen-bond acceptors (Lipinski definition) is 5. The maximum atomic E-state index is 11.8. The molecule has 0 aromatic heterocycles. The first kappa shape index (κ1) is 24.6. The molecular weight excluding hydrogens is 467 g/mol. The van der Waals surface area contributed by atoms with E-state index in [4.69, 9.17) is 9.47 Å². The highest BCUT2D eigenvalue weighted by atomic mass is 127. The molecule has 0 aliphatic carbocycles. The molecule has 0 atom stereocenters. The molecule has 1 amide bonds. The maximum absolute atomic E-state index is 11.8. The largest absolute Gasteiger partial charge is 0.497 e. The summed E-state index contributed by atoms with van der Waals surface area (Å²) in [5, 5.41) is 6.29. The van der Waals surface area contributed by atoms with Gasteiger partial charge in [0.2, 0.25) is 5.91 Å². The van der Waals surface area contributed by atoms with E-state index < -0.39 is 0 Å². The molecule has 0 aliphatic heterocycles. The third-order valence-corrected chi connectivity index (χ3v) is 4.02. The van der Waals surface area contributed by atoms with Crippen LogP contribution in [0, 0.1) is 0 Å². The van der Waals surface area contributed by atoms with Crippen molar-refractivity contribution in [1.29, 1.82) is 0 Å². The van der Waals surface area contributed by atoms with Crippen molar-refractivity contribution >= 4 is 47.6 Å². The van der Waals surface area contributed by atoms with E-state index in [0.29, 0.717) is 12.5 Å². The molecule has 0 heterocycles. The number of likely N-dealkylation sites (N-methyl/N-ethyl adjacent to an activating group) is 1. The van der Waals surface area contributed by atoms with Gasteiger partial charge in [0.1, 0.15) is 11.5 Å². The quantitative estimate of drug-likeness (QED) is 0.235. The fourth-order valence-corrected chi connectivity index (χ4v) is 2.22. The lowest BCUT2D eigenvalue weighted by molar-refractivity contribution is -0.127. The van der Waals surface area contributed by atoms with Crippen molar-refractivity contribution in [3.05, 3.63) is 23.8 Å². The molecule has 0 saturated heterocycles. The van der Waals surface area contributed by atoms with E-state index in [-0.39, 0.29) is 36.4 Å². The second kappa shape index (κ2) is 13.8. The van der Waals surface area contributed by atoms with Crippen LogP contribution in [0.15, 0.2) is 23.2 Å². The summed E-state index contributed by atoms with van der Waals surface area (Å²) in [6, 6.07) is 5.62. The molecule has 2 N–H and O–H groups in total. The number of ether oxygens (including phenoxy) is 2. The topological polar surface area (TPSA) is 75.2 Å². The normalized spacial score (nSPS) is 10.6. The average Bonchev–Trinajstić information content (AvgIpc) is 2.62. The van der Waals surface area contributed by atoms with Gasteiger partial charge in [-0.2, -0.15) is 11.8 Å². The summed E-state index contributed by atoms with van der Waals surface area (Å²) in [4.78, 5) is 17.9. The summed E-state index contributed by atoms with van der Waals surface area (Å²) < 4.78 is 10.6. The highest BCUT2D eigenvalue weighted by Gasteiger charge is 2.08. The van der Waals surface area contributed by atoms with E-state index in [1.54, 1.807) is 45.0 Å².